The van der Waals surface area contributed by atoms with Gasteiger partial charge in [0.1, 0.15) is 16.4 Å². The molecular formula is C39H41N2OP2+. The normalized spacial score (nSPS) is 19.1. The highest BCUT2D eigenvalue weighted by Gasteiger charge is 2.63. The maximum atomic E-state index is 6.28. The lowest BCUT2D eigenvalue weighted by Gasteiger charge is -2.48. The van der Waals surface area contributed by atoms with Crippen LogP contribution in [-0.2, 0) is 11.3 Å². The summed E-state index contributed by atoms with van der Waals surface area (Å²) < 4.78 is 9.35. The van der Waals surface area contributed by atoms with Gasteiger partial charge >= 0.3 is 0 Å². The molecule has 0 aliphatic carbocycles. The molecule has 5 heteroatoms. The van der Waals surface area contributed by atoms with E-state index in [1.807, 2.05) is 0 Å². The Bertz CT molecular complexity index is 1500. The first-order chi connectivity index (χ1) is 21.9. The molecule has 3 nitrogen and oxygen atoms in total. The molecule has 0 amide bonds. The fourth-order valence-corrected chi connectivity index (χ4v) is 17.0. The second kappa shape index (κ2) is 13.9. The fourth-order valence-electron chi connectivity index (χ4n) is 7.20. The molecule has 2 atom stereocenters. The molecule has 2 saturated heterocycles. The molecule has 0 spiro atoms. The third-order valence-corrected chi connectivity index (χ3v) is 17.3. The van der Waals surface area contributed by atoms with Gasteiger partial charge in [-0.05, 0) is 53.3 Å². The summed E-state index contributed by atoms with van der Waals surface area (Å²) in [5.41, 5.74) is 1.39. The topological polar surface area (TPSA) is 15.7 Å². The molecule has 7 rings (SSSR count). The van der Waals surface area contributed by atoms with Crippen LogP contribution in [0.1, 0.15) is 24.8 Å². The van der Waals surface area contributed by atoms with Crippen LogP contribution in [0.4, 0.5) is 0 Å². The maximum Gasteiger partial charge on any atom is 0.171 e. The number of hydrogen-bond acceptors (Lipinski definition) is 3. The van der Waals surface area contributed by atoms with E-state index >= 15 is 0 Å². The highest BCUT2D eigenvalue weighted by Crippen LogP contribution is 2.74. The predicted molar refractivity (Wildman–Crippen MR) is 189 cm³/mol. The molecule has 2 unspecified atom stereocenters. The van der Waals surface area contributed by atoms with Gasteiger partial charge in [-0.25, -0.2) is 0 Å². The highest BCUT2D eigenvalue weighted by atomic mass is 31.2. The summed E-state index contributed by atoms with van der Waals surface area (Å²) in [7, 11) is -3.16. The second-order valence-corrected chi connectivity index (χ2v) is 17.6. The molecule has 0 saturated carbocycles. The van der Waals surface area contributed by atoms with Gasteiger partial charge in [-0.3, -0.25) is 4.90 Å². The number of hydrogen-bond donors (Lipinski definition) is 0. The lowest BCUT2D eigenvalue weighted by molar-refractivity contribution is 0.187. The van der Waals surface area contributed by atoms with Crippen molar-refractivity contribution in [1.82, 2.24) is 9.34 Å². The zero-order chi connectivity index (χ0) is 29.6. The number of benzene rings is 5. The summed E-state index contributed by atoms with van der Waals surface area (Å²) in [4.78, 5) is 2.83. The van der Waals surface area contributed by atoms with Crippen molar-refractivity contribution in [2.45, 2.75) is 37.6 Å². The molecule has 2 aliphatic rings. The third kappa shape index (κ3) is 5.81. The molecule has 2 aliphatic heterocycles. The SMILES string of the molecule is c1ccc(CN2CCCC2[P+](c2ccccc2)(c2ccccc2)N(C2CCOC2)P(c2ccccc2)c2ccccc2)cc1. The lowest BCUT2D eigenvalue weighted by Crippen LogP contribution is -2.51. The first-order valence-electron chi connectivity index (χ1n) is 15.9. The van der Waals surface area contributed by atoms with E-state index in [9.17, 15) is 0 Å². The first kappa shape index (κ1) is 29.5. The van der Waals surface area contributed by atoms with E-state index in [2.05, 4.69) is 161 Å². The van der Waals surface area contributed by atoms with Crippen LogP contribution < -0.4 is 21.2 Å². The number of nitrogens with zero attached hydrogens (tertiary/aromatic N) is 2. The number of ether oxygens (including phenoxy) is 1. The Morgan fingerprint density at radius 3 is 1.64 bits per heavy atom. The highest BCUT2D eigenvalue weighted by molar-refractivity contribution is 7.95. The molecule has 5 aromatic carbocycles. The van der Waals surface area contributed by atoms with E-state index in [4.69, 9.17) is 4.74 Å². The van der Waals surface area contributed by atoms with Crippen molar-refractivity contribution >= 4 is 36.7 Å². The monoisotopic (exact) mass is 615 g/mol. The molecule has 5 aromatic rings. The van der Waals surface area contributed by atoms with Crippen molar-refractivity contribution in [2.24, 2.45) is 0 Å². The van der Waals surface area contributed by atoms with Crippen LogP contribution in [0.25, 0.3) is 0 Å². The Morgan fingerprint density at radius 2 is 1.14 bits per heavy atom. The van der Waals surface area contributed by atoms with E-state index < -0.39 is 15.5 Å². The zero-order valence-electron chi connectivity index (χ0n) is 25.2. The summed E-state index contributed by atoms with van der Waals surface area (Å²) in [6, 6.07) is 57.2. The van der Waals surface area contributed by atoms with E-state index in [0.29, 0.717) is 11.8 Å². The summed E-state index contributed by atoms with van der Waals surface area (Å²) in [5.74, 6) is 0.380. The van der Waals surface area contributed by atoms with Crippen LogP contribution in [0, 0.1) is 0 Å². The largest absolute Gasteiger partial charge is 0.380 e. The summed E-state index contributed by atoms with van der Waals surface area (Å²) >= 11 is 0. The number of likely N-dealkylation sites (tertiary alicyclic amines) is 1. The molecule has 222 valence electrons. The van der Waals surface area contributed by atoms with E-state index in [1.54, 1.807) is 0 Å². The molecular weight excluding hydrogens is 574 g/mol. The standard InChI is InChI=1S/C39H41N2OP2/c1-6-17-33(18-7-1)31-40-29-16-27-39(40)44(37-23-12-4-13-24-37,38-25-14-5-15-26-38)41(34-28-30-42-32-34)43(35-19-8-2-9-20-35)36-21-10-3-11-22-36/h1-15,17-26,34,39H,16,27-32H2/q+1. The lowest BCUT2D eigenvalue weighted by atomic mass is 10.2. The Balaban J connectivity index is 1.53. The average molecular weight is 616 g/mol. The molecule has 0 radical (unpaired) electrons. The van der Waals surface area contributed by atoms with Crippen LogP contribution in [-0.4, -0.2) is 40.9 Å². The third-order valence-electron chi connectivity index (χ3n) is 9.05. The van der Waals surface area contributed by atoms with E-state index in [1.165, 1.54) is 39.6 Å². The molecule has 2 fully saturated rings. The van der Waals surface area contributed by atoms with Gasteiger partial charge in [0.15, 0.2) is 7.41 Å². The van der Waals surface area contributed by atoms with Gasteiger partial charge in [-0.1, -0.05) is 127 Å². The first-order valence-corrected chi connectivity index (χ1v) is 19.0. The predicted octanol–water partition coefficient (Wildman–Crippen LogP) is 7.33. The fraction of sp³-hybridized carbons (Fsp3) is 0.231. The number of rotatable bonds is 10. The van der Waals surface area contributed by atoms with Gasteiger partial charge in [0.2, 0.25) is 0 Å². The van der Waals surface area contributed by atoms with E-state index in [-0.39, 0.29) is 0 Å². The van der Waals surface area contributed by atoms with Crippen molar-refractivity contribution in [1.29, 1.82) is 0 Å². The molecule has 0 aromatic heterocycles. The Labute approximate surface area is 264 Å². The summed E-state index contributed by atoms with van der Waals surface area (Å²) in [6.45, 7) is 3.67. The van der Waals surface area contributed by atoms with Crippen LogP contribution in [0.3, 0.4) is 0 Å². The molecule has 0 N–H and O–H groups in total. The smallest absolute Gasteiger partial charge is 0.171 e. The minimum atomic E-state index is -2.28. The maximum absolute atomic E-state index is 6.28. The van der Waals surface area contributed by atoms with Gasteiger partial charge < -0.3 is 4.74 Å². The van der Waals surface area contributed by atoms with Gasteiger partial charge in [-0.15, -0.1) is 4.44 Å². The van der Waals surface area contributed by atoms with Crippen LogP contribution in [0.5, 0.6) is 0 Å². The minimum Gasteiger partial charge on any atom is -0.380 e. The van der Waals surface area contributed by atoms with Crippen molar-refractivity contribution in [3.05, 3.63) is 157 Å². The van der Waals surface area contributed by atoms with Crippen LogP contribution in [0.2, 0.25) is 0 Å². The van der Waals surface area contributed by atoms with Gasteiger partial charge in [0.05, 0.1) is 20.7 Å². The van der Waals surface area contributed by atoms with Crippen molar-refractivity contribution in [2.75, 3.05) is 19.8 Å². The van der Waals surface area contributed by atoms with Crippen LogP contribution in [0.15, 0.2) is 152 Å². The Kier molecular flexibility index (Phi) is 9.31. The minimum absolute atomic E-state index is 0.314. The zero-order valence-corrected chi connectivity index (χ0v) is 27.0. The Hall–Kier alpha value is -3.16. The second-order valence-electron chi connectivity index (χ2n) is 11.8. The van der Waals surface area contributed by atoms with Gasteiger partial charge in [-0.2, -0.15) is 0 Å². The van der Waals surface area contributed by atoms with Crippen molar-refractivity contribution in [3.8, 4) is 0 Å². The molecule has 0 bridgehead atoms. The van der Waals surface area contributed by atoms with Crippen LogP contribution >= 0.6 is 15.5 Å². The van der Waals surface area contributed by atoms with Crippen molar-refractivity contribution in [3.63, 3.8) is 0 Å². The van der Waals surface area contributed by atoms with E-state index in [0.717, 1.165) is 32.7 Å². The average Bonchev–Trinajstić information content (AvgIpc) is 3.80. The quantitative estimate of drug-likeness (QED) is 0.153. The summed E-state index contributed by atoms with van der Waals surface area (Å²) in [5, 5.41) is 5.76. The van der Waals surface area contributed by atoms with Gasteiger partial charge in [0, 0.05) is 26.1 Å². The van der Waals surface area contributed by atoms with Crippen molar-refractivity contribution < 1.29 is 4.74 Å². The summed E-state index contributed by atoms with van der Waals surface area (Å²) in [6.07, 6.45) is 3.44. The molecule has 2 heterocycles. The Morgan fingerprint density at radius 1 is 0.636 bits per heavy atom. The van der Waals surface area contributed by atoms with Gasteiger partial charge in [0.25, 0.3) is 0 Å². The molecule has 44 heavy (non-hydrogen) atoms.